The zero-order chi connectivity index (χ0) is 23.6. The first-order valence-corrected chi connectivity index (χ1v) is 11.3. The van der Waals surface area contributed by atoms with E-state index in [1.165, 1.54) is 42.7 Å². The number of nitrogens with zero attached hydrogens (tertiary/aromatic N) is 1. The highest BCUT2D eigenvalue weighted by atomic mass is 32.1. The number of anilines is 1. The maximum Gasteiger partial charge on any atom is 0.341 e. The number of esters is 1. The van der Waals surface area contributed by atoms with Crippen molar-refractivity contribution < 1.29 is 19.2 Å². The van der Waals surface area contributed by atoms with Crippen LogP contribution >= 0.6 is 23.6 Å². The van der Waals surface area contributed by atoms with Gasteiger partial charge in [-0.15, -0.1) is 11.3 Å². The maximum atomic E-state index is 12.5. The van der Waals surface area contributed by atoms with Gasteiger partial charge in [-0.1, -0.05) is 20.8 Å². The highest BCUT2D eigenvalue weighted by molar-refractivity contribution is 7.80. The van der Waals surface area contributed by atoms with Gasteiger partial charge in [-0.05, 0) is 60.5 Å². The van der Waals surface area contributed by atoms with Crippen molar-refractivity contribution in [2.75, 3.05) is 12.4 Å². The van der Waals surface area contributed by atoms with Crippen LogP contribution < -0.4 is 10.6 Å². The third-order valence-electron chi connectivity index (χ3n) is 5.67. The molecule has 0 spiro atoms. The molecule has 1 atom stereocenters. The topological polar surface area (TPSA) is 111 Å². The van der Waals surface area contributed by atoms with Crippen LogP contribution in [-0.4, -0.2) is 29.0 Å². The zero-order valence-electron chi connectivity index (χ0n) is 18.3. The minimum absolute atomic E-state index is 0.0319. The highest BCUT2D eigenvalue weighted by Gasteiger charge is 2.34. The molecule has 1 aromatic carbocycles. The summed E-state index contributed by atoms with van der Waals surface area (Å²) in [5, 5.41) is 16.9. The fraction of sp³-hybridized carbons (Fsp3) is 0.409. The minimum Gasteiger partial charge on any atom is -0.465 e. The third kappa shape index (κ3) is 5.13. The summed E-state index contributed by atoms with van der Waals surface area (Å²) in [5.41, 5.74) is 1.73. The molecule has 0 aliphatic heterocycles. The number of hydrogen-bond donors (Lipinski definition) is 2. The molecule has 0 saturated heterocycles. The number of carbonyl (C=O) groups is 2. The lowest BCUT2D eigenvalue weighted by Gasteiger charge is -2.33. The van der Waals surface area contributed by atoms with Crippen molar-refractivity contribution in [3.8, 4) is 0 Å². The molecule has 0 radical (unpaired) electrons. The summed E-state index contributed by atoms with van der Waals surface area (Å²) in [5.74, 6) is -0.448. The summed E-state index contributed by atoms with van der Waals surface area (Å²) in [7, 11) is 1.34. The first-order chi connectivity index (χ1) is 15.0. The minimum atomic E-state index is -0.537. The van der Waals surface area contributed by atoms with Gasteiger partial charge in [-0.2, -0.15) is 0 Å². The van der Waals surface area contributed by atoms with Crippen LogP contribution in [0, 0.1) is 21.4 Å². The Morgan fingerprint density at radius 2 is 1.91 bits per heavy atom. The Balaban J connectivity index is 1.78. The summed E-state index contributed by atoms with van der Waals surface area (Å²) in [4.78, 5) is 36.3. The van der Waals surface area contributed by atoms with E-state index >= 15 is 0 Å². The van der Waals surface area contributed by atoms with E-state index in [-0.39, 0.29) is 21.8 Å². The van der Waals surface area contributed by atoms with Crippen molar-refractivity contribution in [2.45, 2.75) is 40.0 Å². The molecule has 2 aromatic rings. The quantitative estimate of drug-likeness (QED) is 0.285. The fourth-order valence-corrected chi connectivity index (χ4v) is 5.35. The first-order valence-electron chi connectivity index (χ1n) is 10.1. The number of hydrogen-bond acceptors (Lipinski definition) is 7. The van der Waals surface area contributed by atoms with Crippen LogP contribution in [0.3, 0.4) is 0 Å². The van der Waals surface area contributed by atoms with Crippen molar-refractivity contribution in [3.63, 3.8) is 0 Å². The van der Waals surface area contributed by atoms with E-state index in [1.54, 1.807) is 0 Å². The van der Waals surface area contributed by atoms with Crippen LogP contribution in [0.4, 0.5) is 10.7 Å². The molecule has 0 fully saturated rings. The summed E-state index contributed by atoms with van der Waals surface area (Å²) in [6.45, 7) is 6.67. The second-order valence-electron chi connectivity index (χ2n) is 8.72. The molecule has 1 aliphatic carbocycles. The number of thiocarbonyl (C=S) groups is 1. The Hall–Kier alpha value is -2.85. The molecule has 32 heavy (non-hydrogen) atoms. The van der Waals surface area contributed by atoms with Crippen LogP contribution in [0.2, 0.25) is 0 Å². The number of nitrogens with one attached hydrogen (secondary N) is 2. The molecule has 10 heteroatoms. The molecule has 3 rings (SSSR count). The molecule has 1 aliphatic rings. The lowest BCUT2D eigenvalue weighted by atomic mass is 9.72. The number of thiophene rings is 1. The van der Waals surface area contributed by atoms with Crippen molar-refractivity contribution in [1.29, 1.82) is 0 Å². The van der Waals surface area contributed by atoms with Crippen molar-refractivity contribution in [1.82, 2.24) is 5.32 Å². The van der Waals surface area contributed by atoms with E-state index in [1.807, 2.05) is 0 Å². The maximum absolute atomic E-state index is 12.5. The van der Waals surface area contributed by atoms with Gasteiger partial charge in [-0.25, -0.2) is 4.79 Å². The number of rotatable bonds is 4. The molecule has 1 heterocycles. The lowest BCUT2D eigenvalue weighted by molar-refractivity contribution is -0.384. The number of methoxy groups -OCH3 is 1. The largest absolute Gasteiger partial charge is 0.465 e. The summed E-state index contributed by atoms with van der Waals surface area (Å²) >= 11 is 6.74. The Kier molecular flexibility index (Phi) is 6.94. The van der Waals surface area contributed by atoms with Gasteiger partial charge in [0.05, 0.1) is 17.6 Å². The number of amides is 1. The lowest BCUT2D eigenvalue weighted by Crippen LogP contribution is -2.34. The monoisotopic (exact) mass is 475 g/mol. The predicted molar refractivity (Wildman–Crippen MR) is 127 cm³/mol. The van der Waals surface area contributed by atoms with Gasteiger partial charge in [0.1, 0.15) is 5.00 Å². The van der Waals surface area contributed by atoms with Crippen LogP contribution in [-0.2, 0) is 17.6 Å². The zero-order valence-corrected chi connectivity index (χ0v) is 19.9. The highest BCUT2D eigenvalue weighted by Crippen LogP contribution is 2.44. The average molecular weight is 476 g/mol. The second-order valence-corrected chi connectivity index (χ2v) is 10.2. The van der Waals surface area contributed by atoms with Gasteiger partial charge in [0.25, 0.3) is 11.6 Å². The summed E-state index contributed by atoms with van der Waals surface area (Å²) in [6, 6.07) is 5.21. The molecule has 1 amide bonds. The Bertz CT molecular complexity index is 1070. The van der Waals surface area contributed by atoms with Crippen LogP contribution in [0.5, 0.6) is 0 Å². The standard InChI is InChI=1S/C22H25N3O5S2/c1-22(2,3)13-7-10-15-16(11-13)32-19(17(15)20(27)30-4)24-21(31)23-18(26)12-5-8-14(9-6-12)25(28)29/h5-6,8-9,13H,7,10-11H2,1-4H3,(H2,23,24,26,31). The Labute approximate surface area is 195 Å². The molecular formula is C22H25N3O5S2. The van der Waals surface area contributed by atoms with Gasteiger partial charge in [0, 0.05) is 22.6 Å². The molecule has 0 saturated carbocycles. The average Bonchev–Trinajstić information content (AvgIpc) is 3.09. The molecule has 8 nitrogen and oxygen atoms in total. The van der Waals surface area contributed by atoms with E-state index in [0.717, 1.165) is 29.7 Å². The number of nitro benzene ring substituents is 1. The normalized spacial score (nSPS) is 15.4. The molecule has 2 N–H and O–H groups in total. The molecular weight excluding hydrogens is 450 g/mol. The van der Waals surface area contributed by atoms with Crippen molar-refractivity contribution >= 4 is 51.2 Å². The van der Waals surface area contributed by atoms with Crippen molar-refractivity contribution in [2.24, 2.45) is 11.3 Å². The van der Waals surface area contributed by atoms with Gasteiger partial charge >= 0.3 is 5.97 Å². The first kappa shape index (κ1) is 23.8. The summed E-state index contributed by atoms with van der Waals surface area (Å²) < 4.78 is 5.00. The number of benzene rings is 1. The molecule has 0 bridgehead atoms. The molecule has 1 unspecified atom stereocenters. The van der Waals surface area contributed by atoms with Gasteiger partial charge in [-0.3, -0.25) is 20.2 Å². The van der Waals surface area contributed by atoms with Gasteiger partial charge in [0.15, 0.2) is 5.11 Å². The van der Waals surface area contributed by atoms with Crippen LogP contribution in [0.15, 0.2) is 24.3 Å². The van der Waals surface area contributed by atoms with E-state index in [2.05, 4.69) is 31.4 Å². The Morgan fingerprint density at radius 3 is 2.47 bits per heavy atom. The van der Waals surface area contributed by atoms with Crippen LogP contribution in [0.1, 0.15) is 58.3 Å². The number of ether oxygens (including phenoxy) is 1. The van der Waals surface area contributed by atoms with Crippen molar-refractivity contribution in [3.05, 3.63) is 55.9 Å². The van der Waals surface area contributed by atoms with E-state index in [4.69, 9.17) is 17.0 Å². The van der Waals surface area contributed by atoms with Crippen LogP contribution in [0.25, 0.3) is 0 Å². The number of carbonyl (C=O) groups excluding carboxylic acids is 2. The molecule has 1 aromatic heterocycles. The van der Waals surface area contributed by atoms with E-state index in [0.29, 0.717) is 16.5 Å². The predicted octanol–water partition coefficient (Wildman–Crippen LogP) is 4.72. The van der Waals surface area contributed by atoms with E-state index < -0.39 is 16.8 Å². The third-order valence-corrected chi connectivity index (χ3v) is 7.05. The second kappa shape index (κ2) is 9.33. The SMILES string of the molecule is COC(=O)c1c(NC(=S)NC(=O)c2ccc([N+](=O)[O-])cc2)sc2c1CCC(C(C)(C)C)C2. The number of nitro groups is 1. The van der Waals surface area contributed by atoms with E-state index in [9.17, 15) is 19.7 Å². The molecule has 170 valence electrons. The smallest absolute Gasteiger partial charge is 0.341 e. The van der Waals surface area contributed by atoms with Gasteiger partial charge < -0.3 is 10.1 Å². The summed E-state index contributed by atoms with van der Waals surface area (Å²) in [6.07, 6.45) is 2.64. The van der Waals surface area contributed by atoms with Gasteiger partial charge in [0.2, 0.25) is 0 Å². The fourth-order valence-electron chi connectivity index (χ4n) is 3.78. The Morgan fingerprint density at radius 1 is 1.25 bits per heavy atom. The number of fused-ring (bicyclic) bond motifs is 1. The number of non-ortho nitro benzene ring substituents is 1.